The van der Waals surface area contributed by atoms with Crippen LogP contribution in [-0.4, -0.2) is 52.1 Å². The zero-order valence-electron chi connectivity index (χ0n) is 20.8. The Labute approximate surface area is 214 Å². The minimum absolute atomic E-state index is 0.447. The Morgan fingerprint density at radius 1 is 0.973 bits per heavy atom. The van der Waals surface area contributed by atoms with Gasteiger partial charge in [0.25, 0.3) is 5.91 Å². The van der Waals surface area contributed by atoms with E-state index >= 15 is 0 Å². The Kier molecular flexibility index (Phi) is 6.87. The van der Waals surface area contributed by atoms with Gasteiger partial charge < -0.3 is 25.2 Å². The van der Waals surface area contributed by atoms with E-state index in [0.717, 1.165) is 54.4 Å². The van der Waals surface area contributed by atoms with Gasteiger partial charge in [-0.05, 0) is 49.2 Å². The minimum Gasteiger partial charge on any atom is -0.378 e. The van der Waals surface area contributed by atoms with Crippen LogP contribution in [0.1, 0.15) is 22.9 Å². The lowest BCUT2D eigenvalue weighted by atomic mass is 9.99. The Balaban J connectivity index is 1.23. The predicted molar refractivity (Wildman–Crippen MR) is 142 cm³/mol. The normalized spacial score (nSPS) is 14.5. The fourth-order valence-corrected chi connectivity index (χ4v) is 4.64. The molecule has 0 saturated carbocycles. The molecule has 1 fully saturated rings. The molecule has 190 valence electrons. The van der Waals surface area contributed by atoms with E-state index in [4.69, 9.17) is 0 Å². The largest absolute Gasteiger partial charge is 0.378 e. The van der Waals surface area contributed by atoms with Gasteiger partial charge in [-0.15, -0.1) is 0 Å². The number of carbonyl (C=O) groups excluding carboxylic acids is 1. The van der Waals surface area contributed by atoms with E-state index in [1.54, 1.807) is 0 Å². The molecule has 9 heteroatoms. The number of hydrogen-bond acceptors (Lipinski definition) is 6. The molecule has 0 spiro atoms. The second-order valence-corrected chi connectivity index (χ2v) is 9.14. The molecule has 1 atom stereocenters. The Hall–Kier alpha value is -4.24. The summed E-state index contributed by atoms with van der Waals surface area (Å²) in [6, 6.07) is 17.3. The van der Waals surface area contributed by atoms with Crippen molar-refractivity contribution in [2.24, 2.45) is 0 Å². The zero-order chi connectivity index (χ0) is 25.9. The first kappa shape index (κ1) is 24.5. The fraction of sp³-hybridized carbons (Fsp3) is 0.250. The van der Waals surface area contributed by atoms with Gasteiger partial charge in [-0.2, -0.15) is 0 Å². The molecule has 0 aliphatic carbocycles. The molecule has 4 aromatic rings. The third-order valence-electron chi connectivity index (χ3n) is 6.80. The molecule has 8 nitrogen and oxygen atoms in total. The monoisotopic (exact) mass is 500 g/mol. The number of hydrogen-bond donors (Lipinski definition) is 3. The van der Waals surface area contributed by atoms with Crippen molar-refractivity contribution in [3.8, 4) is 11.3 Å². The third kappa shape index (κ3) is 5.17. The van der Waals surface area contributed by atoms with E-state index in [1.807, 2.05) is 73.3 Å². The highest BCUT2D eigenvalue weighted by molar-refractivity contribution is 5.96. The summed E-state index contributed by atoms with van der Waals surface area (Å²) in [6.07, 6.45) is 1.04. The maximum Gasteiger partial charge on any atom is 0.257 e. The van der Waals surface area contributed by atoms with Crippen LogP contribution < -0.4 is 15.1 Å². The van der Waals surface area contributed by atoms with Gasteiger partial charge >= 0.3 is 0 Å². The molecular weight excluding hydrogens is 471 g/mol. The summed E-state index contributed by atoms with van der Waals surface area (Å²) in [7, 11) is 0. The summed E-state index contributed by atoms with van der Waals surface area (Å²) in [5.74, 6) is -0.405. The molecule has 3 heterocycles. The van der Waals surface area contributed by atoms with Crippen LogP contribution in [0.25, 0.3) is 11.3 Å². The van der Waals surface area contributed by atoms with E-state index in [1.165, 1.54) is 12.4 Å². The highest BCUT2D eigenvalue weighted by Gasteiger charge is 2.26. The molecule has 3 N–H and O–H groups in total. The number of piperazine rings is 1. The molecule has 0 bridgehead atoms. The van der Waals surface area contributed by atoms with Gasteiger partial charge in [-0.1, -0.05) is 30.3 Å². The summed E-state index contributed by atoms with van der Waals surface area (Å²) >= 11 is 0. The second-order valence-electron chi connectivity index (χ2n) is 9.14. The summed E-state index contributed by atoms with van der Waals surface area (Å²) in [5.41, 5.74) is 5.66. The fourth-order valence-electron chi connectivity index (χ4n) is 4.64. The third-order valence-corrected chi connectivity index (χ3v) is 6.80. The number of benzene rings is 2. The van der Waals surface area contributed by atoms with Crippen LogP contribution in [0, 0.1) is 19.7 Å². The molecule has 1 unspecified atom stereocenters. The lowest BCUT2D eigenvalue weighted by molar-refractivity contribution is -0.124. The number of aliphatic hydroxyl groups excluding tert-OH is 1. The van der Waals surface area contributed by atoms with Crippen molar-refractivity contribution >= 4 is 23.2 Å². The van der Waals surface area contributed by atoms with Crippen molar-refractivity contribution in [1.82, 2.24) is 15.0 Å². The highest BCUT2D eigenvalue weighted by Crippen LogP contribution is 2.33. The number of nitrogens with one attached hydrogen (secondary N) is 2. The summed E-state index contributed by atoms with van der Waals surface area (Å²) in [6.45, 7) is 6.80. The van der Waals surface area contributed by atoms with Crippen LogP contribution in [0.5, 0.6) is 0 Å². The average Bonchev–Trinajstić information content (AvgIpc) is 3.23. The highest BCUT2D eigenvalue weighted by atomic mass is 19.1. The topological polar surface area (TPSA) is 97.4 Å². The van der Waals surface area contributed by atoms with Crippen LogP contribution >= 0.6 is 0 Å². The quantitative estimate of drug-likeness (QED) is 0.367. The van der Waals surface area contributed by atoms with Gasteiger partial charge in [0.2, 0.25) is 5.95 Å². The van der Waals surface area contributed by atoms with Crippen molar-refractivity contribution in [2.75, 3.05) is 41.3 Å². The van der Waals surface area contributed by atoms with Gasteiger partial charge in [0.05, 0.1) is 18.1 Å². The van der Waals surface area contributed by atoms with Crippen molar-refractivity contribution in [2.45, 2.75) is 20.0 Å². The van der Waals surface area contributed by atoms with Gasteiger partial charge in [0.15, 0.2) is 11.9 Å². The standard InChI is InChI=1S/C28H29FN6O2/c1-18-19(2)32-25(20-6-4-3-5-7-20)24(18)26(36)27(37)33-22-8-10-23(11-9-22)34-12-14-35(15-13-34)28-30-16-21(29)17-31-28/h3-11,16-17,26,32,36H,12-15H2,1-2H3,(H,33,37). The second kappa shape index (κ2) is 10.4. The number of amides is 1. The van der Waals surface area contributed by atoms with Gasteiger partial charge in [0.1, 0.15) is 0 Å². The number of nitrogens with zero attached hydrogens (tertiary/aromatic N) is 4. The Bertz CT molecular complexity index is 1360. The molecule has 1 aliphatic heterocycles. The maximum absolute atomic E-state index is 13.1. The van der Waals surface area contributed by atoms with Crippen LogP contribution in [0.3, 0.4) is 0 Å². The molecule has 0 radical (unpaired) electrons. The first-order chi connectivity index (χ1) is 17.9. The lowest BCUT2D eigenvalue weighted by Gasteiger charge is -2.36. The van der Waals surface area contributed by atoms with Gasteiger partial charge in [-0.3, -0.25) is 4.79 Å². The smallest absolute Gasteiger partial charge is 0.257 e. The molecule has 1 amide bonds. The van der Waals surface area contributed by atoms with Crippen LogP contribution in [-0.2, 0) is 4.79 Å². The first-order valence-electron chi connectivity index (χ1n) is 12.2. The summed E-state index contributed by atoms with van der Waals surface area (Å²) < 4.78 is 13.1. The van der Waals surface area contributed by atoms with Gasteiger partial charge in [-0.25, -0.2) is 14.4 Å². The lowest BCUT2D eigenvalue weighted by Crippen LogP contribution is -2.47. The molecule has 37 heavy (non-hydrogen) atoms. The number of anilines is 3. The number of aliphatic hydroxyl groups is 1. The molecule has 1 aliphatic rings. The SMILES string of the molecule is Cc1[nH]c(-c2ccccc2)c(C(O)C(=O)Nc2ccc(N3CCN(c4ncc(F)cn4)CC3)cc2)c1C. The van der Waals surface area contributed by atoms with Crippen LogP contribution in [0.15, 0.2) is 67.0 Å². The number of H-pyrrole nitrogens is 1. The molecular formula is C28H29FN6O2. The number of aromatic nitrogens is 3. The zero-order valence-corrected chi connectivity index (χ0v) is 20.8. The number of carbonyl (C=O) groups is 1. The van der Waals surface area contributed by atoms with E-state index in [9.17, 15) is 14.3 Å². The summed E-state index contributed by atoms with van der Waals surface area (Å²) in [4.78, 5) is 28.7. The number of aromatic amines is 1. The van der Waals surface area contributed by atoms with Crippen LogP contribution in [0.4, 0.5) is 21.7 Å². The Morgan fingerprint density at radius 2 is 1.59 bits per heavy atom. The van der Waals surface area contributed by atoms with Crippen LogP contribution in [0.2, 0.25) is 0 Å². The average molecular weight is 501 g/mol. The Morgan fingerprint density at radius 3 is 2.24 bits per heavy atom. The molecule has 2 aromatic carbocycles. The number of rotatable bonds is 6. The van der Waals surface area contributed by atoms with Gasteiger partial charge in [0, 0.05) is 48.8 Å². The van der Waals surface area contributed by atoms with Crippen molar-refractivity contribution in [3.05, 3.63) is 89.6 Å². The van der Waals surface area contributed by atoms with E-state index < -0.39 is 17.8 Å². The predicted octanol–water partition coefficient (Wildman–Crippen LogP) is 4.23. The van der Waals surface area contributed by atoms with E-state index in [2.05, 4.69) is 25.2 Å². The molecule has 2 aromatic heterocycles. The first-order valence-corrected chi connectivity index (χ1v) is 12.2. The van der Waals surface area contributed by atoms with Crippen molar-refractivity contribution in [3.63, 3.8) is 0 Å². The molecule has 5 rings (SSSR count). The number of aryl methyl sites for hydroxylation is 1. The van der Waals surface area contributed by atoms with Crippen molar-refractivity contribution in [1.29, 1.82) is 0 Å². The minimum atomic E-state index is -1.32. The molecule has 1 saturated heterocycles. The summed E-state index contributed by atoms with van der Waals surface area (Å²) in [5, 5.41) is 13.8. The maximum atomic E-state index is 13.1. The van der Waals surface area contributed by atoms with Crippen molar-refractivity contribution < 1.29 is 14.3 Å². The number of halogens is 1. The van der Waals surface area contributed by atoms with E-state index in [-0.39, 0.29) is 0 Å². The van der Waals surface area contributed by atoms with E-state index in [0.29, 0.717) is 17.2 Å².